The number of hydrogen-bond acceptors (Lipinski definition) is 4. The normalized spacial score (nSPS) is 11.0. The smallest absolute Gasteiger partial charge is 0.305 e. The second-order valence-corrected chi connectivity index (χ2v) is 6.69. The van der Waals surface area contributed by atoms with Crippen molar-refractivity contribution >= 4 is 11.9 Å². The monoisotopic (exact) mass is 368 g/mol. The van der Waals surface area contributed by atoms with Crippen LogP contribution in [0.15, 0.2) is 12.2 Å². The van der Waals surface area contributed by atoms with Gasteiger partial charge in [-0.05, 0) is 52.4 Å². The molecule has 0 atom stereocenters. The van der Waals surface area contributed by atoms with E-state index in [1.54, 1.807) is 0 Å². The predicted molar refractivity (Wildman–Crippen MR) is 107 cm³/mol. The van der Waals surface area contributed by atoms with Crippen molar-refractivity contribution in [2.45, 2.75) is 104 Å². The quantitative estimate of drug-likeness (QED) is 0.166. The number of unbranched alkanes of at least 4 members (excludes halogenated alkanes) is 10. The lowest BCUT2D eigenvalue weighted by molar-refractivity contribution is -0.144. The van der Waals surface area contributed by atoms with E-state index in [-0.39, 0.29) is 11.9 Å². The van der Waals surface area contributed by atoms with Gasteiger partial charge in [0.2, 0.25) is 0 Å². The predicted octanol–water partition coefficient (Wildman–Crippen LogP) is 6.13. The lowest BCUT2D eigenvalue weighted by Gasteiger charge is -2.02. The summed E-state index contributed by atoms with van der Waals surface area (Å²) in [6.07, 6.45) is 19.6. The summed E-state index contributed by atoms with van der Waals surface area (Å²) in [5.74, 6) is -0.121. The zero-order valence-electron chi connectivity index (χ0n) is 17.1. The fourth-order valence-electron chi connectivity index (χ4n) is 2.83. The minimum atomic E-state index is -0.0607. The molecular weight excluding hydrogens is 328 g/mol. The SMILES string of the molecule is CCOC(=O)CCCCCCCC=CCCCCCCCC(=O)OCC. The molecule has 0 aliphatic rings. The molecule has 0 heterocycles. The molecule has 4 nitrogen and oxygen atoms in total. The molecule has 0 aliphatic carbocycles. The van der Waals surface area contributed by atoms with Crippen LogP contribution in [0, 0.1) is 0 Å². The van der Waals surface area contributed by atoms with Gasteiger partial charge in [0, 0.05) is 12.8 Å². The third kappa shape index (κ3) is 19.0. The third-order valence-electron chi connectivity index (χ3n) is 4.28. The summed E-state index contributed by atoms with van der Waals surface area (Å²) in [6.45, 7) is 4.67. The summed E-state index contributed by atoms with van der Waals surface area (Å²) in [5, 5.41) is 0. The fraction of sp³-hybridized carbons (Fsp3) is 0.818. The summed E-state index contributed by atoms with van der Waals surface area (Å²) >= 11 is 0. The summed E-state index contributed by atoms with van der Waals surface area (Å²) in [4.78, 5) is 22.4. The Balaban J connectivity index is 3.20. The first-order valence-electron chi connectivity index (χ1n) is 10.7. The van der Waals surface area contributed by atoms with Crippen molar-refractivity contribution in [1.29, 1.82) is 0 Å². The zero-order chi connectivity index (χ0) is 19.3. The second-order valence-electron chi connectivity index (χ2n) is 6.69. The van der Waals surface area contributed by atoms with Crippen molar-refractivity contribution in [1.82, 2.24) is 0 Å². The molecular formula is C22H40O4. The summed E-state index contributed by atoms with van der Waals surface area (Å²) < 4.78 is 9.83. The van der Waals surface area contributed by atoms with Crippen molar-refractivity contribution in [3.8, 4) is 0 Å². The Morgan fingerprint density at radius 1 is 0.577 bits per heavy atom. The Kier molecular flexibility index (Phi) is 19.0. The van der Waals surface area contributed by atoms with E-state index < -0.39 is 0 Å². The molecule has 0 amide bonds. The Morgan fingerprint density at radius 3 is 1.31 bits per heavy atom. The number of hydrogen-bond donors (Lipinski definition) is 0. The highest BCUT2D eigenvalue weighted by Gasteiger charge is 2.01. The molecule has 26 heavy (non-hydrogen) atoms. The number of rotatable bonds is 18. The Hall–Kier alpha value is -1.32. The number of allylic oxidation sites excluding steroid dienone is 2. The van der Waals surface area contributed by atoms with E-state index in [1.807, 2.05) is 13.8 Å². The average molecular weight is 369 g/mol. The van der Waals surface area contributed by atoms with Crippen LogP contribution in [-0.4, -0.2) is 25.2 Å². The molecule has 0 radical (unpaired) electrons. The van der Waals surface area contributed by atoms with Crippen molar-refractivity contribution in [3.63, 3.8) is 0 Å². The van der Waals surface area contributed by atoms with E-state index in [1.165, 1.54) is 38.5 Å². The third-order valence-corrected chi connectivity index (χ3v) is 4.28. The molecule has 152 valence electrons. The van der Waals surface area contributed by atoms with Gasteiger partial charge in [0.1, 0.15) is 0 Å². The van der Waals surface area contributed by atoms with Crippen LogP contribution in [0.2, 0.25) is 0 Å². The fourth-order valence-corrected chi connectivity index (χ4v) is 2.83. The number of esters is 2. The first kappa shape index (κ1) is 24.7. The van der Waals surface area contributed by atoms with E-state index in [0.29, 0.717) is 26.1 Å². The van der Waals surface area contributed by atoms with Gasteiger partial charge in [0.05, 0.1) is 13.2 Å². The van der Waals surface area contributed by atoms with Gasteiger partial charge in [-0.2, -0.15) is 0 Å². The van der Waals surface area contributed by atoms with Gasteiger partial charge in [-0.25, -0.2) is 0 Å². The molecule has 0 unspecified atom stereocenters. The van der Waals surface area contributed by atoms with Gasteiger partial charge in [0.25, 0.3) is 0 Å². The first-order valence-corrected chi connectivity index (χ1v) is 10.7. The Bertz CT molecular complexity index is 329. The van der Waals surface area contributed by atoms with Crippen LogP contribution in [0.3, 0.4) is 0 Å². The van der Waals surface area contributed by atoms with Crippen LogP contribution < -0.4 is 0 Å². The molecule has 0 aliphatic heterocycles. The molecule has 0 aromatic heterocycles. The highest BCUT2D eigenvalue weighted by atomic mass is 16.5. The largest absolute Gasteiger partial charge is 0.466 e. The van der Waals surface area contributed by atoms with Crippen LogP contribution >= 0.6 is 0 Å². The van der Waals surface area contributed by atoms with Gasteiger partial charge in [-0.3, -0.25) is 9.59 Å². The molecule has 0 N–H and O–H groups in total. The molecule has 0 aromatic carbocycles. The van der Waals surface area contributed by atoms with E-state index in [0.717, 1.165) is 38.5 Å². The standard InChI is InChI=1S/C22H40O4/c1-3-25-21(23)19-17-15-13-11-9-7-5-6-8-10-12-14-16-18-20-22(24)26-4-2/h5-6H,3-4,7-20H2,1-2H3. The van der Waals surface area contributed by atoms with Crippen molar-refractivity contribution in [2.24, 2.45) is 0 Å². The number of carbonyl (C=O) groups excluding carboxylic acids is 2. The molecule has 0 aromatic rings. The van der Waals surface area contributed by atoms with Gasteiger partial charge in [-0.1, -0.05) is 50.7 Å². The Labute approximate surface area is 160 Å². The van der Waals surface area contributed by atoms with Crippen molar-refractivity contribution in [3.05, 3.63) is 12.2 Å². The zero-order valence-corrected chi connectivity index (χ0v) is 17.1. The summed E-state index contributed by atoms with van der Waals surface area (Å²) in [6, 6.07) is 0. The molecule has 0 rings (SSSR count). The van der Waals surface area contributed by atoms with E-state index in [4.69, 9.17) is 9.47 Å². The van der Waals surface area contributed by atoms with Crippen LogP contribution in [0.1, 0.15) is 104 Å². The van der Waals surface area contributed by atoms with Gasteiger partial charge in [0.15, 0.2) is 0 Å². The molecule has 0 saturated carbocycles. The van der Waals surface area contributed by atoms with E-state index in [2.05, 4.69) is 12.2 Å². The number of ether oxygens (including phenoxy) is 2. The van der Waals surface area contributed by atoms with E-state index in [9.17, 15) is 9.59 Å². The highest BCUT2D eigenvalue weighted by molar-refractivity contribution is 5.69. The average Bonchev–Trinajstić information content (AvgIpc) is 2.61. The minimum absolute atomic E-state index is 0.0607. The highest BCUT2D eigenvalue weighted by Crippen LogP contribution is 2.10. The lowest BCUT2D eigenvalue weighted by atomic mass is 10.1. The minimum Gasteiger partial charge on any atom is -0.466 e. The van der Waals surface area contributed by atoms with Crippen LogP contribution in [-0.2, 0) is 19.1 Å². The van der Waals surface area contributed by atoms with Crippen molar-refractivity contribution < 1.29 is 19.1 Å². The number of carbonyl (C=O) groups is 2. The van der Waals surface area contributed by atoms with Crippen LogP contribution in [0.25, 0.3) is 0 Å². The van der Waals surface area contributed by atoms with E-state index >= 15 is 0 Å². The molecule has 0 bridgehead atoms. The van der Waals surface area contributed by atoms with Crippen LogP contribution in [0.4, 0.5) is 0 Å². The molecule has 0 saturated heterocycles. The van der Waals surface area contributed by atoms with Crippen molar-refractivity contribution in [2.75, 3.05) is 13.2 Å². The summed E-state index contributed by atoms with van der Waals surface area (Å²) in [5.41, 5.74) is 0. The second kappa shape index (κ2) is 20.0. The molecule has 0 fully saturated rings. The molecule has 0 spiro atoms. The topological polar surface area (TPSA) is 52.6 Å². The first-order chi connectivity index (χ1) is 12.7. The van der Waals surface area contributed by atoms with Gasteiger partial charge in [-0.15, -0.1) is 0 Å². The van der Waals surface area contributed by atoms with Gasteiger partial charge < -0.3 is 9.47 Å². The maximum Gasteiger partial charge on any atom is 0.305 e. The summed E-state index contributed by atoms with van der Waals surface area (Å²) in [7, 11) is 0. The lowest BCUT2D eigenvalue weighted by Crippen LogP contribution is -2.03. The maximum absolute atomic E-state index is 11.2. The van der Waals surface area contributed by atoms with Crippen LogP contribution in [0.5, 0.6) is 0 Å². The Morgan fingerprint density at radius 2 is 0.923 bits per heavy atom. The van der Waals surface area contributed by atoms with Gasteiger partial charge >= 0.3 is 11.9 Å². The maximum atomic E-state index is 11.2. The molecule has 4 heteroatoms.